The molecule has 0 aliphatic carbocycles. The van der Waals surface area contributed by atoms with Crippen molar-refractivity contribution in [3.63, 3.8) is 0 Å². The average molecular weight is 559 g/mol. The first-order valence-corrected chi connectivity index (χ1v) is 13.8. The number of hydrogen-bond donors (Lipinski definition) is 1. The highest BCUT2D eigenvalue weighted by molar-refractivity contribution is 7.07. The number of amides is 1. The van der Waals surface area contributed by atoms with Gasteiger partial charge in [0.1, 0.15) is 5.75 Å². The Labute approximate surface area is 240 Å². The van der Waals surface area contributed by atoms with Gasteiger partial charge in [-0.15, -0.1) is 6.42 Å². The number of carbonyl (C=O) groups is 1. The Morgan fingerprint density at radius 1 is 1.12 bits per heavy atom. The molecule has 3 heterocycles. The van der Waals surface area contributed by atoms with Crippen LogP contribution in [0.25, 0.3) is 17.0 Å². The molecule has 1 aliphatic heterocycles. The number of para-hydroxylation sites is 2. The summed E-state index contributed by atoms with van der Waals surface area (Å²) in [7, 11) is 1.59. The molecule has 1 amide bonds. The van der Waals surface area contributed by atoms with E-state index >= 15 is 0 Å². The summed E-state index contributed by atoms with van der Waals surface area (Å²) in [6.45, 7) is 2.22. The van der Waals surface area contributed by atoms with Gasteiger partial charge in [-0.25, -0.2) is 4.99 Å². The average Bonchev–Trinajstić information content (AvgIpc) is 3.49. The van der Waals surface area contributed by atoms with Gasteiger partial charge in [-0.1, -0.05) is 65.8 Å². The molecule has 0 saturated carbocycles. The summed E-state index contributed by atoms with van der Waals surface area (Å²) < 4.78 is 9.60. The summed E-state index contributed by atoms with van der Waals surface area (Å²) >= 11 is 1.30. The van der Waals surface area contributed by atoms with Crippen LogP contribution in [-0.2, 0) is 11.3 Å². The predicted octanol–water partition coefficient (Wildman–Crippen LogP) is 4.47. The minimum atomic E-state index is -0.699. The highest BCUT2D eigenvalue weighted by Gasteiger charge is 2.32. The molecule has 5 aromatic rings. The van der Waals surface area contributed by atoms with Crippen molar-refractivity contribution in [3.8, 4) is 18.1 Å². The lowest BCUT2D eigenvalue weighted by Gasteiger charge is -2.25. The fourth-order valence-electron chi connectivity index (χ4n) is 5.22. The molecule has 8 heteroatoms. The van der Waals surface area contributed by atoms with Gasteiger partial charge in [0.2, 0.25) is 0 Å². The Morgan fingerprint density at radius 2 is 1.90 bits per heavy atom. The molecule has 1 aliphatic rings. The number of nitrogens with zero attached hydrogens (tertiary/aromatic N) is 3. The zero-order valence-corrected chi connectivity index (χ0v) is 23.3. The Bertz CT molecular complexity index is 2060. The van der Waals surface area contributed by atoms with Crippen LogP contribution in [0.2, 0.25) is 0 Å². The van der Waals surface area contributed by atoms with Gasteiger partial charge in [0.05, 0.1) is 35.5 Å². The van der Waals surface area contributed by atoms with E-state index in [0.29, 0.717) is 38.6 Å². The Balaban J connectivity index is 1.54. The smallest absolute Gasteiger partial charge is 0.271 e. The topological polar surface area (TPSA) is 77.6 Å². The second-order valence-electron chi connectivity index (χ2n) is 9.61. The number of aromatic nitrogens is 2. The number of hydrogen-bond acceptors (Lipinski definition) is 5. The van der Waals surface area contributed by atoms with Crippen LogP contribution in [0.4, 0.5) is 5.69 Å². The number of anilines is 1. The zero-order valence-electron chi connectivity index (χ0n) is 22.5. The van der Waals surface area contributed by atoms with Crippen LogP contribution >= 0.6 is 11.3 Å². The van der Waals surface area contributed by atoms with E-state index < -0.39 is 6.04 Å². The molecule has 0 saturated heterocycles. The molecule has 1 N–H and O–H groups in total. The summed E-state index contributed by atoms with van der Waals surface area (Å²) in [6, 6.07) is 23.9. The third kappa shape index (κ3) is 4.77. The van der Waals surface area contributed by atoms with E-state index in [1.54, 1.807) is 18.6 Å². The van der Waals surface area contributed by atoms with Gasteiger partial charge in [0, 0.05) is 28.4 Å². The predicted molar refractivity (Wildman–Crippen MR) is 163 cm³/mol. The van der Waals surface area contributed by atoms with Crippen molar-refractivity contribution >= 4 is 39.9 Å². The van der Waals surface area contributed by atoms with Crippen LogP contribution in [0.15, 0.2) is 106 Å². The van der Waals surface area contributed by atoms with E-state index in [4.69, 9.17) is 16.2 Å². The van der Waals surface area contributed by atoms with Gasteiger partial charge in [0.25, 0.3) is 11.5 Å². The summed E-state index contributed by atoms with van der Waals surface area (Å²) in [4.78, 5) is 33.1. The van der Waals surface area contributed by atoms with Gasteiger partial charge < -0.3 is 14.6 Å². The van der Waals surface area contributed by atoms with Crippen molar-refractivity contribution in [1.29, 1.82) is 0 Å². The molecule has 7 nitrogen and oxygen atoms in total. The molecule has 0 spiro atoms. The summed E-state index contributed by atoms with van der Waals surface area (Å²) in [5.74, 6) is 3.00. The van der Waals surface area contributed by atoms with Crippen LogP contribution < -0.4 is 24.9 Å². The Morgan fingerprint density at radius 3 is 2.68 bits per heavy atom. The highest BCUT2D eigenvalue weighted by Crippen LogP contribution is 2.32. The second kappa shape index (κ2) is 10.8. The lowest BCUT2D eigenvalue weighted by Crippen LogP contribution is -2.40. The third-order valence-electron chi connectivity index (χ3n) is 7.08. The van der Waals surface area contributed by atoms with E-state index in [1.807, 2.05) is 95.7 Å². The number of methoxy groups -OCH3 is 1. The van der Waals surface area contributed by atoms with Crippen molar-refractivity contribution in [3.05, 3.63) is 127 Å². The lowest BCUT2D eigenvalue weighted by molar-refractivity contribution is -0.113. The third-order valence-corrected chi connectivity index (χ3v) is 8.06. The Kier molecular flexibility index (Phi) is 6.88. The van der Waals surface area contributed by atoms with Crippen molar-refractivity contribution in [1.82, 2.24) is 9.13 Å². The fourth-order valence-corrected chi connectivity index (χ4v) is 6.26. The van der Waals surface area contributed by atoms with Crippen LogP contribution in [0.3, 0.4) is 0 Å². The molecule has 0 unspecified atom stereocenters. The monoisotopic (exact) mass is 558 g/mol. The van der Waals surface area contributed by atoms with Gasteiger partial charge in [-0.05, 0) is 48.9 Å². The zero-order chi connectivity index (χ0) is 28.5. The maximum atomic E-state index is 14.1. The number of nitrogens with one attached hydrogen (secondary N) is 1. The first-order chi connectivity index (χ1) is 20.0. The van der Waals surface area contributed by atoms with Gasteiger partial charge in [-0.2, -0.15) is 0 Å². The van der Waals surface area contributed by atoms with E-state index in [2.05, 4.69) is 11.2 Å². The first kappa shape index (κ1) is 26.1. The second-order valence-corrected chi connectivity index (χ2v) is 10.6. The number of ether oxygens (including phenoxy) is 1. The number of rotatable bonds is 6. The molecule has 2 aromatic heterocycles. The largest absolute Gasteiger partial charge is 0.497 e. The molecule has 0 radical (unpaired) electrons. The van der Waals surface area contributed by atoms with E-state index in [0.717, 1.165) is 22.0 Å². The minimum absolute atomic E-state index is 0.229. The maximum absolute atomic E-state index is 14.1. The molecule has 41 heavy (non-hydrogen) atoms. The Hall–Kier alpha value is -5.13. The lowest BCUT2D eigenvalue weighted by atomic mass is 9.95. The van der Waals surface area contributed by atoms with E-state index in [1.165, 1.54) is 11.3 Å². The van der Waals surface area contributed by atoms with Crippen molar-refractivity contribution in [2.24, 2.45) is 4.99 Å². The van der Waals surface area contributed by atoms with Crippen molar-refractivity contribution in [2.75, 3.05) is 12.4 Å². The maximum Gasteiger partial charge on any atom is 0.271 e. The number of carbonyl (C=O) groups excluding carboxylic acids is 1. The van der Waals surface area contributed by atoms with Crippen LogP contribution in [0.1, 0.15) is 24.1 Å². The normalized spacial score (nSPS) is 14.9. The van der Waals surface area contributed by atoms with Crippen molar-refractivity contribution in [2.45, 2.75) is 19.5 Å². The number of terminal acetylenes is 1. The number of benzene rings is 3. The summed E-state index contributed by atoms with van der Waals surface area (Å²) in [5.41, 5.74) is 3.99. The van der Waals surface area contributed by atoms with E-state index in [9.17, 15) is 9.59 Å². The summed E-state index contributed by atoms with van der Waals surface area (Å²) in [6.07, 6.45) is 9.45. The molecular weight excluding hydrogens is 532 g/mol. The van der Waals surface area contributed by atoms with Crippen LogP contribution in [0.5, 0.6) is 5.75 Å². The molecule has 1 atom stereocenters. The molecular formula is C33H26N4O3S. The molecule has 6 rings (SSSR count). The first-order valence-electron chi connectivity index (χ1n) is 13.0. The number of allylic oxidation sites excluding steroid dienone is 1. The SMILES string of the molecule is C#CCn1cc(/C=c2\sc3n(c2=O)[C@@H](c2cccc(OC)c2)C(C(=O)Nc2ccccc2)=C(C)N=3)c2ccccc21. The standard InChI is InChI=1S/C33H26N4O3S/c1-4-17-36-20-23(26-15-8-9-16-27(26)36)19-28-32(39)37-30(22-11-10-14-25(18-22)40-3)29(21(2)34-33(37)41-28)31(38)35-24-12-6-5-7-13-24/h1,5-16,18-20,30H,17H2,2-3H3,(H,35,38)/b28-19-/t30-/m0/s1. The highest BCUT2D eigenvalue weighted by atomic mass is 32.1. The molecule has 0 fully saturated rings. The van der Waals surface area contributed by atoms with Gasteiger partial charge >= 0.3 is 0 Å². The van der Waals surface area contributed by atoms with Gasteiger partial charge in [0.15, 0.2) is 4.80 Å². The fraction of sp³-hybridized carbons (Fsp3) is 0.121. The molecule has 3 aromatic carbocycles. The molecule has 0 bridgehead atoms. The minimum Gasteiger partial charge on any atom is -0.497 e. The van der Waals surface area contributed by atoms with Crippen LogP contribution in [0, 0.1) is 12.3 Å². The van der Waals surface area contributed by atoms with Crippen molar-refractivity contribution < 1.29 is 9.53 Å². The molecule has 202 valence electrons. The number of thiazole rings is 1. The number of fused-ring (bicyclic) bond motifs is 2. The van der Waals surface area contributed by atoms with E-state index in [-0.39, 0.29) is 11.5 Å². The van der Waals surface area contributed by atoms with Gasteiger partial charge in [-0.3, -0.25) is 14.2 Å². The quantitative estimate of drug-likeness (QED) is 0.313. The summed E-state index contributed by atoms with van der Waals surface area (Å²) in [5, 5.41) is 3.97. The van der Waals surface area contributed by atoms with Crippen LogP contribution in [-0.4, -0.2) is 22.2 Å².